The molecule has 11 heteroatoms. The van der Waals surface area contributed by atoms with E-state index in [1.165, 1.54) is 12.1 Å². The molecule has 1 aliphatic carbocycles. The van der Waals surface area contributed by atoms with Crippen LogP contribution in [0, 0.1) is 28.5 Å². The number of nitrogens with zero attached hydrogens (tertiary/aromatic N) is 5. The third-order valence-electron chi connectivity index (χ3n) is 10.7. The monoisotopic (exact) mass is 593 g/mol. The molecule has 6 rings (SSSR count). The molecule has 4 fully saturated rings. The van der Waals surface area contributed by atoms with Gasteiger partial charge in [-0.1, -0.05) is 6.58 Å². The second-order valence-electron chi connectivity index (χ2n) is 13.1. The number of benzene rings is 1. The Balaban J connectivity index is 1.25. The summed E-state index contributed by atoms with van der Waals surface area (Å²) in [5, 5.41) is 17.0. The van der Waals surface area contributed by atoms with E-state index in [1.54, 1.807) is 29.0 Å². The van der Waals surface area contributed by atoms with Gasteiger partial charge in [-0.15, -0.1) is 0 Å². The molecule has 1 aromatic rings. The zero-order chi connectivity index (χ0) is 30.3. The topological polar surface area (TPSA) is 104 Å². The van der Waals surface area contributed by atoms with Gasteiger partial charge in [0.05, 0.1) is 36.7 Å². The van der Waals surface area contributed by atoms with Crippen LogP contribution in [0.15, 0.2) is 30.9 Å². The number of ether oxygens (including phenoxy) is 1. The largest absolute Gasteiger partial charge is 0.348 e. The molecule has 10 nitrogen and oxygen atoms in total. The highest BCUT2D eigenvalue weighted by atomic mass is 19.1. The van der Waals surface area contributed by atoms with E-state index in [0.29, 0.717) is 51.5 Å². The second kappa shape index (κ2) is 12.3. The molecule has 4 aliphatic heterocycles. The normalized spacial score (nSPS) is 35.0. The molecular weight excluding hydrogens is 549 g/mol. The molecule has 0 bridgehead atoms. The van der Waals surface area contributed by atoms with Gasteiger partial charge in [-0.05, 0) is 82.0 Å². The smallest absolute Gasteiger partial charge is 0.246 e. The lowest BCUT2D eigenvalue weighted by Crippen LogP contribution is -2.73. The van der Waals surface area contributed by atoms with Crippen LogP contribution in [-0.4, -0.2) is 104 Å². The van der Waals surface area contributed by atoms with Gasteiger partial charge in [0.2, 0.25) is 11.8 Å². The van der Waals surface area contributed by atoms with Gasteiger partial charge in [0.1, 0.15) is 5.82 Å². The van der Waals surface area contributed by atoms with Crippen molar-refractivity contribution in [2.24, 2.45) is 11.3 Å². The van der Waals surface area contributed by atoms with Crippen LogP contribution in [0.3, 0.4) is 0 Å². The lowest BCUT2D eigenvalue weighted by Gasteiger charge is -2.56. The van der Waals surface area contributed by atoms with Crippen LogP contribution < -0.4 is 15.5 Å². The fourth-order valence-electron chi connectivity index (χ4n) is 8.37. The number of rotatable bonds is 6. The Labute approximate surface area is 253 Å². The number of carbonyl (C=O) groups is 2. The first-order valence-electron chi connectivity index (χ1n) is 15.7. The first-order chi connectivity index (χ1) is 20.7. The maximum Gasteiger partial charge on any atom is 0.246 e. The van der Waals surface area contributed by atoms with Gasteiger partial charge in [0, 0.05) is 50.4 Å². The highest BCUT2D eigenvalue weighted by Crippen LogP contribution is 2.49. The Morgan fingerprint density at radius 3 is 2.81 bits per heavy atom. The predicted molar refractivity (Wildman–Crippen MR) is 160 cm³/mol. The van der Waals surface area contributed by atoms with Crippen molar-refractivity contribution >= 4 is 17.5 Å². The van der Waals surface area contributed by atoms with Gasteiger partial charge in [-0.25, -0.2) is 4.39 Å². The van der Waals surface area contributed by atoms with E-state index >= 15 is 0 Å². The Bertz CT molecular complexity index is 1290. The first kappa shape index (κ1) is 30.2. The number of piperazine rings is 1. The third-order valence-corrected chi connectivity index (χ3v) is 10.7. The van der Waals surface area contributed by atoms with Crippen LogP contribution in [0.25, 0.3) is 0 Å². The molecule has 0 aromatic heterocycles. The molecule has 232 valence electrons. The Morgan fingerprint density at radius 1 is 1.23 bits per heavy atom. The summed E-state index contributed by atoms with van der Waals surface area (Å²) in [7, 11) is 3.94. The van der Waals surface area contributed by atoms with Crippen LogP contribution in [-0.2, 0) is 20.7 Å². The second-order valence-corrected chi connectivity index (χ2v) is 13.1. The summed E-state index contributed by atoms with van der Waals surface area (Å²) in [6.45, 7) is 7.09. The summed E-state index contributed by atoms with van der Waals surface area (Å²) < 4.78 is 20.8. The van der Waals surface area contributed by atoms with Crippen LogP contribution in [0.5, 0.6) is 0 Å². The number of likely N-dealkylation sites (tertiary alicyclic amines) is 1. The number of hydrogen-bond donors (Lipinski definition) is 2. The third kappa shape index (κ3) is 5.71. The van der Waals surface area contributed by atoms with Crippen molar-refractivity contribution in [3.63, 3.8) is 0 Å². The van der Waals surface area contributed by atoms with Gasteiger partial charge in [-0.3, -0.25) is 25.1 Å². The van der Waals surface area contributed by atoms with Gasteiger partial charge in [0.25, 0.3) is 0 Å². The minimum Gasteiger partial charge on any atom is -0.348 e. The van der Waals surface area contributed by atoms with E-state index in [0.717, 1.165) is 37.1 Å². The average molecular weight is 594 g/mol. The van der Waals surface area contributed by atoms with E-state index < -0.39 is 11.8 Å². The minimum absolute atomic E-state index is 0.000945. The number of nitrogens with one attached hydrogen (secondary N) is 2. The molecule has 7 atom stereocenters. The van der Waals surface area contributed by atoms with Gasteiger partial charge < -0.3 is 19.4 Å². The summed E-state index contributed by atoms with van der Waals surface area (Å²) in [5.41, 5.74) is 1.05. The van der Waals surface area contributed by atoms with Crippen molar-refractivity contribution in [3.8, 4) is 6.07 Å². The fourth-order valence-corrected chi connectivity index (χ4v) is 8.37. The Morgan fingerprint density at radius 2 is 2.07 bits per heavy atom. The molecule has 5 aliphatic rings. The molecule has 3 saturated heterocycles. The number of anilines is 1. The van der Waals surface area contributed by atoms with Crippen molar-refractivity contribution in [2.75, 3.05) is 51.8 Å². The highest BCUT2D eigenvalue weighted by molar-refractivity contribution is 6.00. The van der Waals surface area contributed by atoms with Crippen LogP contribution in [0.2, 0.25) is 0 Å². The molecule has 1 saturated carbocycles. The van der Waals surface area contributed by atoms with Crippen LogP contribution in [0.4, 0.5) is 10.1 Å². The van der Waals surface area contributed by atoms with Crippen molar-refractivity contribution in [2.45, 2.75) is 75.6 Å². The summed E-state index contributed by atoms with van der Waals surface area (Å²) >= 11 is 0. The molecular formula is C32H44FN7O3. The summed E-state index contributed by atoms with van der Waals surface area (Å²) in [5.74, 6) is -0.139. The zero-order valence-electron chi connectivity index (χ0n) is 25.3. The highest BCUT2D eigenvalue weighted by Gasteiger charge is 2.54. The zero-order valence-corrected chi connectivity index (χ0v) is 25.3. The minimum atomic E-state index is -0.611. The van der Waals surface area contributed by atoms with Crippen LogP contribution in [0.1, 0.15) is 44.1 Å². The SMILES string of the molecule is C=CC(=O)N1CCN(C2NC(OC[C@H]3CCCN3C)NC3C[C@@]4(CCC32)Cc2cc(F)ccc2N(C)C4=O)C[C@H]1CC#N. The molecule has 1 aromatic carbocycles. The number of hydrogen-bond acceptors (Lipinski definition) is 8. The van der Waals surface area contributed by atoms with Crippen molar-refractivity contribution < 1.29 is 18.7 Å². The van der Waals surface area contributed by atoms with Gasteiger partial charge in [0.15, 0.2) is 6.35 Å². The predicted octanol–water partition coefficient (Wildman–Crippen LogP) is 2.03. The quantitative estimate of drug-likeness (QED) is 0.483. The van der Waals surface area contributed by atoms with Crippen molar-refractivity contribution in [3.05, 3.63) is 42.2 Å². The summed E-state index contributed by atoms with van der Waals surface area (Å²) in [4.78, 5) is 34.7. The molecule has 0 radical (unpaired) electrons. The average Bonchev–Trinajstić information content (AvgIpc) is 3.42. The number of amides is 2. The molecule has 1 spiro atoms. The lowest BCUT2D eigenvalue weighted by atomic mass is 9.62. The fraction of sp³-hybridized carbons (Fsp3) is 0.656. The standard InChI is InChI=1S/C32H44FN7O3/c1-4-28(41)40-15-14-39(19-23(40)10-12-34)29-25-9-11-32(17-21-16-22(33)7-8-27(21)38(3)30(32)42)18-26(25)35-31(36-29)43-20-24-6-5-13-37(24)2/h4,7-8,16,23-26,29,31,35-36H,1,5-6,9-11,13-15,17-20H2,2-3H3/t23-,24-,25?,26?,29?,31?,32-/m1/s1. The maximum atomic E-state index is 14.3. The molecule has 2 amide bonds. The summed E-state index contributed by atoms with van der Waals surface area (Å²) in [6.07, 6.45) is 6.08. The first-order valence-corrected chi connectivity index (χ1v) is 15.7. The van der Waals surface area contributed by atoms with Crippen molar-refractivity contribution in [1.82, 2.24) is 25.3 Å². The van der Waals surface area contributed by atoms with E-state index in [2.05, 4.69) is 40.1 Å². The van der Waals surface area contributed by atoms with Crippen LogP contribution >= 0.6 is 0 Å². The molecule has 43 heavy (non-hydrogen) atoms. The summed E-state index contributed by atoms with van der Waals surface area (Å²) in [6, 6.07) is 7.11. The Kier molecular flexibility index (Phi) is 8.59. The molecule has 2 N–H and O–H groups in total. The van der Waals surface area contributed by atoms with E-state index in [4.69, 9.17) is 4.74 Å². The van der Waals surface area contributed by atoms with Gasteiger partial charge >= 0.3 is 0 Å². The number of likely N-dealkylation sites (N-methyl/N-ethyl adjacent to an activating group) is 1. The number of nitriles is 1. The lowest BCUT2D eigenvalue weighted by molar-refractivity contribution is -0.143. The number of carbonyl (C=O) groups excluding carboxylic acids is 2. The van der Waals surface area contributed by atoms with Crippen molar-refractivity contribution in [1.29, 1.82) is 5.26 Å². The Hall–Kier alpha value is -2.88. The maximum absolute atomic E-state index is 14.3. The number of halogens is 1. The molecule has 4 unspecified atom stereocenters. The molecule has 4 heterocycles. The van der Waals surface area contributed by atoms with E-state index in [-0.39, 0.29) is 48.2 Å². The van der Waals surface area contributed by atoms with E-state index in [1.807, 2.05) is 0 Å². The number of fused-ring (bicyclic) bond motifs is 2. The van der Waals surface area contributed by atoms with E-state index in [9.17, 15) is 19.2 Å². The van der Waals surface area contributed by atoms with Gasteiger partial charge in [-0.2, -0.15) is 5.26 Å².